The van der Waals surface area contributed by atoms with Crippen molar-refractivity contribution in [3.8, 4) is 6.07 Å². The molecule has 0 aliphatic rings. The highest BCUT2D eigenvalue weighted by atomic mass is 35.5. The number of allylic oxidation sites excluding steroid dienone is 1. The number of aromatic nitrogens is 1. The Kier molecular flexibility index (Phi) is 7.24. The van der Waals surface area contributed by atoms with Crippen LogP contribution in [0.3, 0.4) is 0 Å². The summed E-state index contributed by atoms with van der Waals surface area (Å²) in [5.74, 6) is 0.290. The minimum absolute atomic E-state index is 0.0188. The Morgan fingerprint density at radius 3 is 2.44 bits per heavy atom. The fraction of sp³-hybridized carbons (Fsp3) is 0.393. The molecule has 0 aliphatic carbocycles. The Balaban J connectivity index is 1.97. The molecule has 178 valence electrons. The summed E-state index contributed by atoms with van der Waals surface area (Å²) in [4.78, 5) is 17.7. The highest BCUT2D eigenvalue weighted by molar-refractivity contribution is 6.66. The number of benzene rings is 2. The third kappa shape index (κ3) is 5.69. The first kappa shape index (κ1) is 25.5. The van der Waals surface area contributed by atoms with E-state index in [-0.39, 0.29) is 16.7 Å². The molecule has 0 fully saturated rings. The normalized spacial score (nSPS) is 12.6. The van der Waals surface area contributed by atoms with Crippen LogP contribution in [-0.2, 0) is 5.41 Å². The summed E-state index contributed by atoms with van der Waals surface area (Å²) in [7, 11) is 0. The zero-order valence-electron chi connectivity index (χ0n) is 21.0. The second-order valence-corrected chi connectivity index (χ2v) is 10.9. The number of nitriles is 1. The predicted molar refractivity (Wildman–Crippen MR) is 140 cm³/mol. The lowest BCUT2D eigenvalue weighted by molar-refractivity contribution is 0.264. The predicted octanol–water partition coefficient (Wildman–Crippen LogP) is 8.10. The van der Waals surface area contributed by atoms with Gasteiger partial charge in [-0.3, -0.25) is 9.69 Å². The molecule has 1 heterocycles. The van der Waals surface area contributed by atoms with Gasteiger partial charge in [0.1, 0.15) is 17.2 Å². The van der Waals surface area contributed by atoms with Gasteiger partial charge in [-0.25, -0.2) is 4.98 Å². The van der Waals surface area contributed by atoms with E-state index in [9.17, 15) is 10.1 Å². The fourth-order valence-electron chi connectivity index (χ4n) is 4.59. The van der Waals surface area contributed by atoms with Crippen molar-refractivity contribution < 1.29 is 9.21 Å². The van der Waals surface area contributed by atoms with E-state index in [0.29, 0.717) is 23.4 Å². The zero-order valence-corrected chi connectivity index (χ0v) is 21.7. The molecule has 0 saturated heterocycles. The molecular formula is C28H32ClN3O2. The molecule has 2 aromatic carbocycles. The fourth-order valence-corrected chi connectivity index (χ4v) is 4.80. The Morgan fingerprint density at radius 2 is 1.88 bits per heavy atom. The number of rotatable bonds is 6. The molecule has 1 aromatic heterocycles. The van der Waals surface area contributed by atoms with Crippen LogP contribution in [0.2, 0.25) is 0 Å². The maximum atomic E-state index is 11.6. The van der Waals surface area contributed by atoms with Gasteiger partial charge in [0.15, 0.2) is 5.58 Å². The Hall–Kier alpha value is -3.10. The van der Waals surface area contributed by atoms with Crippen molar-refractivity contribution in [1.82, 2.24) is 4.98 Å². The number of hydrogen-bond donors (Lipinski definition) is 0. The van der Waals surface area contributed by atoms with Crippen LogP contribution >= 0.6 is 11.6 Å². The molecule has 0 bridgehead atoms. The first-order chi connectivity index (χ1) is 15.8. The van der Waals surface area contributed by atoms with Gasteiger partial charge in [-0.1, -0.05) is 46.8 Å². The number of carbonyl (C=O) groups excluding carboxylic acids is 1. The van der Waals surface area contributed by atoms with E-state index in [2.05, 4.69) is 57.8 Å². The van der Waals surface area contributed by atoms with Gasteiger partial charge in [0, 0.05) is 12.2 Å². The van der Waals surface area contributed by atoms with Crippen molar-refractivity contribution in [2.45, 2.75) is 60.3 Å². The molecule has 3 rings (SSSR count). The van der Waals surface area contributed by atoms with Crippen LogP contribution in [0.5, 0.6) is 0 Å². The number of aryl methyl sites for hydroxylation is 1. The van der Waals surface area contributed by atoms with Crippen LogP contribution in [0, 0.1) is 23.7 Å². The van der Waals surface area contributed by atoms with Gasteiger partial charge >= 0.3 is 5.37 Å². The molecule has 5 nitrogen and oxygen atoms in total. The molecule has 3 aromatic rings. The maximum Gasteiger partial charge on any atom is 0.320 e. The lowest BCUT2D eigenvalue weighted by Crippen LogP contribution is -2.25. The smallest absolute Gasteiger partial charge is 0.320 e. The Morgan fingerprint density at radius 1 is 1.18 bits per heavy atom. The molecular weight excluding hydrogens is 446 g/mol. The number of oxazole rings is 1. The topological polar surface area (TPSA) is 70.1 Å². The van der Waals surface area contributed by atoms with Crippen molar-refractivity contribution in [2.75, 3.05) is 11.4 Å². The van der Waals surface area contributed by atoms with Gasteiger partial charge in [0.25, 0.3) is 0 Å². The zero-order chi connectivity index (χ0) is 25.3. The number of hydrogen-bond acceptors (Lipinski definition) is 4. The van der Waals surface area contributed by atoms with Gasteiger partial charge in [0.05, 0.1) is 0 Å². The molecule has 0 radical (unpaired) electrons. The minimum Gasteiger partial charge on any atom is -0.435 e. The van der Waals surface area contributed by atoms with Gasteiger partial charge in [-0.2, -0.15) is 5.26 Å². The number of halogens is 1. The van der Waals surface area contributed by atoms with E-state index in [1.54, 1.807) is 6.08 Å². The first-order valence-corrected chi connectivity index (χ1v) is 11.8. The summed E-state index contributed by atoms with van der Waals surface area (Å²) in [6, 6.07) is 13.8. The van der Waals surface area contributed by atoms with Gasteiger partial charge in [-0.05, 0) is 89.7 Å². The lowest BCUT2D eigenvalue weighted by atomic mass is 9.72. The number of amides is 1. The first-order valence-electron chi connectivity index (χ1n) is 11.5. The summed E-state index contributed by atoms with van der Waals surface area (Å²) in [6.45, 7) is 15.5. The summed E-state index contributed by atoms with van der Waals surface area (Å²) in [5.41, 5.74) is 5.55. The third-order valence-electron chi connectivity index (χ3n) is 5.89. The van der Waals surface area contributed by atoms with Crippen molar-refractivity contribution in [3.05, 3.63) is 59.0 Å². The lowest BCUT2D eigenvalue weighted by Gasteiger charge is -2.32. The van der Waals surface area contributed by atoms with Crippen molar-refractivity contribution in [3.63, 3.8) is 0 Å². The molecule has 0 atom stereocenters. The monoisotopic (exact) mass is 477 g/mol. The van der Waals surface area contributed by atoms with Crippen LogP contribution in [0.15, 0.2) is 40.8 Å². The molecule has 34 heavy (non-hydrogen) atoms. The number of carbonyl (C=O) groups is 1. The van der Waals surface area contributed by atoms with Crippen LogP contribution in [0.4, 0.5) is 10.5 Å². The van der Waals surface area contributed by atoms with Crippen molar-refractivity contribution in [2.24, 2.45) is 5.41 Å². The van der Waals surface area contributed by atoms with E-state index in [1.807, 2.05) is 38.1 Å². The van der Waals surface area contributed by atoms with E-state index in [1.165, 1.54) is 10.5 Å². The standard InChI is InChI=1S/C28H32ClN3O2/c1-8-32(26(29)33)22-11-9-19(18(2)13-22)14-20(16-30)25-31-23-15-21(10-12-24(23)34-25)28(6,7)17-27(3,4)5/h9-15H,8,17H2,1-7H3/b20-14+. The summed E-state index contributed by atoms with van der Waals surface area (Å²) < 4.78 is 5.94. The minimum atomic E-state index is -0.528. The van der Waals surface area contributed by atoms with E-state index in [4.69, 9.17) is 16.0 Å². The SMILES string of the molecule is CCN(C(=O)Cl)c1ccc(/C=C(\C#N)c2nc3cc(C(C)(C)CC(C)(C)C)ccc3o2)c(C)c1. The molecule has 6 heteroatoms. The molecule has 0 N–H and O–H groups in total. The quantitative estimate of drug-likeness (QED) is 0.204. The van der Waals surface area contributed by atoms with E-state index >= 15 is 0 Å². The molecule has 0 spiro atoms. The number of nitrogens with zero attached hydrogens (tertiary/aromatic N) is 3. The number of anilines is 1. The Labute approximate surface area is 207 Å². The van der Waals surface area contributed by atoms with Crippen LogP contribution in [0.1, 0.15) is 70.5 Å². The number of fused-ring (bicyclic) bond motifs is 1. The second-order valence-electron chi connectivity index (χ2n) is 10.5. The van der Waals surface area contributed by atoms with E-state index in [0.717, 1.165) is 23.1 Å². The average Bonchev–Trinajstić information content (AvgIpc) is 3.15. The maximum absolute atomic E-state index is 11.6. The summed E-state index contributed by atoms with van der Waals surface area (Å²) in [6.07, 6.45) is 2.78. The van der Waals surface area contributed by atoms with Crippen LogP contribution in [-0.4, -0.2) is 16.9 Å². The van der Waals surface area contributed by atoms with Crippen molar-refractivity contribution >= 4 is 45.4 Å². The van der Waals surface area contributed by atoms with Crippen LogP contribution in [0.25, 0.3) is 22.7 Å². The van der Waals surface area contributed by atoms with Crippen LogP contribution < -0.4 is 4.90 Å². The third-order valence-corrected chi connectivity index (χ3v) is 6.09. The molecule has 0 saturated carbocycles. The van der Waals surface area contributed by atoms with Gasteiger partial charge < -0.3 is 4.42 Å². The van der Waals surface area contributed by atoms with Crippen molar-refractivity contribution in [1.29, 1.82) is 5.26 Å². The van der Waals surface area contributed by atoms with Gasteiger partial charge in [-0.15, -0.1) is 0 Å². The van der Waals surface area contributed by atoms with Gasteiger partial charge in [0.2, 0.25) is 5.89 Å². The van der Waals surface area contributed by atoms with E-state index < -0.39 is 5.37 Å². The average molecular weight is 478 g/mol. The molecule has 0 unspecified atom stereocenters. The highest BCUT2D eigenvalue weighted by Gasteiger charge is 2.28. The summed E-state index contributed by atoms with van der Waals surface area (Å²) >= 11 is 5.68. The largest absolute Gasteiger partial charge is 0.435 e. The highest BCUT2D eigenvalue weighted by Crippen LogP contribution is 2.37. The second kappa shape index (κ2) is 9.64. The summed E-state index contributed by atoms with van der Waals surface area (Å²) in [5, 5.41) is 9.30. The molecule has 1 amide bonds. The Bertz CT molecular complexity index is 1290. The molecule has 0 aliphatic heterocycles.